The molecule has 4 rings (SSSR count). The van der Waals surface area contributed by atoms with Crippen LogP contribution in [0.25, 0.3) is 11.1 Å². The number of nitrogens with zero attached hydrogens (tertiary/aromatic N) is 1. The molecular weight excluding hydrogens is 397 g/mol. The van der Waals surface area contributed by atoms with Gasteiger partial charge in [0.2, 0.25) is 5.91 Å². The Kier molecular flexibility index (Phi) is 5.52. The van der Waals surface area contributed by atoms with Gasteiger partial charge in [-0.3, -0.25) is 14.4 Å². The molecule has 0 atom stereocenters. The number of rotatable bonds is 4. The number of aryl methyl sites for hydroxylation is 2. The number of Topliss-reactive ketones (excluding diaryl/α,β-unsaturated/α-hetero) is 2. The van der Waals surface area contributed by atoms with Gasteiger partial charge in [-0.2, -0.15) is 0 Å². The summed E-state index contributed by atoms with van der Waals surface area (Å²) in [6.45, 7) is 4.70. The minimum atomic E-state index is -0.753. The molecule has 1 aliphatic heterocycles. The summed E-state index contributed by atoms with van der Waals surface area (Å²) >= 11 is 0. The Bertz CT molecular complexity index is 1010. The summed E-state index contributed by atoms with van der Waals surface area (Å²) in [6, 6.07) is 10.2. The topological polar surface area (TPSA) is 63.7 Å². The molecule has 1 heterocycles. The van der Waals surface area contributed by atoms with Crippen molar-refractivity contribution in [2.45, 2.75) is 32.6 Å². The number of hydrogen-bond acceptors (Lipinski definition) is 4. The van der Waals surface area contributed by atoms with Crippen molar-refractivity contribution in [1.29, 1.82) is 0 Å². The lowest BCUT2D eigenvalue weighted by Crippen LogP contribution is -2.62. The van der Waals surface area contributed by atoms with Crippen LogP contribution in [0.15, 0.2) is 36.4 Å². The summed E-state index contributed by atoms with van der Waals surface area (Å²) in [7, 11) is 1.47. The molecule has 1 spiro atoms. The highest BCUT2D eigenvalue weighted by Gasteiger charge is 2.53. The quantitative estimate of drug-likeness (QED) is 0.705. The van der Waals surface area contributed by atoms with Gasteiger partial charge in [-0.1, -0.05) is 24.3 Å². The summed E-state index contributed by atoms with van der Waals surface area (Å²) in [5.41, 5.74) is 3.93. The molecule has 1 saturated heterocycles. The van der Waals surface area contributed by atoms with Gasteiger partial charge in [0.15, 0.2) is 0 Å². The first-order chi connectivity index (χ1) is 14.7. The standard InChI is InChI=1S/C25H26FNO4/c1-15-8-18(17-4-6-19(26)7-5-17)9-16(2)23(15)24-20(28)10-25(11-21(24)29)13-27(14-25)22(30)12-31-3/h4-9,24H,10-14H2,1-3H3. The van der Waals surface area contributed by atoms with Gasteiger partial charge in [0.1, 0.15) is 29.9 Å². The van der Waals surface area contributed by atoms with Gasteiger partial charge in [-0.25, -0.2) is 4.39 Å². The number of likely N-dealkylation sites (tertiary alicyclic amines) is 1. The van der Waals surface area contributed by atoms with Crippen LogP contribution in [0.1, 0.15) is 35.4 Å². The van der Waals surface area contributed by atoms with E-state index in [4.69, 9.17) is 4.74 Å². The van der Waals surface area contributed by atoms with Gasteiger partial charge in [0.25, 0.3) is 0 Å². The van der Waals surface area contributed by atoms with E-state index in [9.17, 15) is 18.8 Å². The molecule has 0 aromatic heterocycles. The summed E-state index contributed by atoms with van der Waals surface area (Å²) in [6.07, 6.45) is 0.609. The number of hydrogen-bond donors (Lipinski definition) is 0. The number of carbonyl (C=O) groups is 3. The maximum absolute atomic E-state index is 13.3. The highest BCUT2D eigenvalue weighted by atomic mass is 19.1. The van der Waals surface area contributed by atoms with E-state index in [0.29, 0.717) is 25.9 Å². The lowest BCUT2D eigenvalue weighted by atomic mass is 9.63. The second kappa shape index (κ2) is 8.00. The number of methoxy groups -OCH3 is 1. The highest BCUT2D eigenvalue weighted by Crippen LogP contribution is 2.46. The van der Waals surface area contributed by atoms with Gasteiger partial charge < -0.3 is 9.64 Å². The van der Waals surface area contributed by atoms with E-state index < -0.39 is 11.3 Å². The van der Waals surface area contributed by atoms with E-state index >= 15 is 0 Å². The SMILES string of the molecule is COCC(=O)N1CC2(CC(=O)C(c3c(C)cc(-c4ccc(F)cc4)cc3C)C(=O)C2)C1. The van der Waals surface area contributed by atoms with E-state index in [2.05, 4.69) is 0 Å². The predicted molar refractivity (Wildman–Crippen MR) is 114 cm³/mol. The molecule has 0 N–H and O–H groups in total. The zero-order valence-electron chi connectivity index (χ0n) is 18.0. The average Bonchev–Trinajstić information content (AvgIpc) is 2.68. The lowest BCUT2D eigenvalue weighted by molar-refractivity contribution is -0.157. The molecule has 2 aromatic rings. The monoisotopic (exact) mass is 423 g/mol. The van der Waals surface area contributed by atoms with Crippen molar-refractivity contribution in [2.75, 3.05) is 26.8 Å². The molecule has 31 heavy (non-hydrogen) atoms. The van der Waals surface area contributed by atoms with Gasteiger partial charge in [0, 0.05) is 38.5 Å². The van der Waals surface area contributed by atoms with Gasteiger partial charge in [-0.15, -0.1) is 0 Å². The maximum Gasteiger partial charge on any atom is 0.248 e. The minimum Gasteiger partial charge on any atom is -0.375 e. The Morgan fingerprint density at radius 1 is 1.03 bits per heavy atom. The van der Waals surface area contributed by atoms with Crippen molar-refractivity contribution in [2.24, 2.45) is 5.41 Å². The summed E-state index contributed by atoms with van der Waals surface area (Å²) in [4.78, 5) is 39.9. The Morgan fingerprint density at radius 3 is 2.10 bits per heavy atom. The molecule has 1 saturated carbocycles. The van der Waals surface area contributed by atoms with Crippen LogP contribution in [0.3, 0.4) is 0 Å². The fourth-order valence-electron chi connectivity index (χ4n) is 5.12. The zero-order valence-corrected chi connectivity index (χ0v) is 18.0. The van der Waals surface area contributed by atoms with Crippen LogP contribution in [-0.4, -0.2) is 49.2 Å². The maximum atomic E-state index is 13.3. The number of carbonyl (C=O) groups excluding carboxylic acids is 3. The number of amides is 1. The van der Waals surface area contributed by atoms with Crippen LogP contribution >= 0.6 is 0 Å². The minimum absolute atomic E-state index is 0.0133. The molecule has 2 aliphatic rings. The molecule has 2 fully saturated rings. The van der Waals surface area contributed by atoms with Crippen LogP contribution < -0.4 is 0 Å². The molecule has 0 unspecified atom stereocenters. The summed E-state index contributed by atoms with van der Waals surface area (Å²) in [5, 5.41) is 0. The van der Waals surface area contributed by atoms with E-state index in [-0.39, 0.29) is 29.9 Å². The average molecular weight is 423 g/mol. The molecule has 0 bridgehead atoms. The number of benzene rings is 2. The predicted octanol–water partition coefficient (Wildman–Crippen LogP) is 3.60. The third-order valence-electron chi connectivity index (χ3n) is 6.48. The van der Waals surface area contributed by atoms with Crippen molar-refractivity contribution >= 4 is 17.5 Å². The second-order valence-corrected chi connectivity index (χ2v) is 8.93. The zero-order chi connectivity index (χ0) is 22.3. The van der Waals surface area contributed by atoms with E-state index in [1.165, 1.54) is 19.2 Å². The molecule has 6 heteroatoms. The van der Waals surface area contributed by atoms with E-state index in [1.807, 2.05) is 26.0 Å². The van der Waals surface area contributed by atoms with E-state index in [1.54, 1.807) is 17.0 Å². The fraction of sp³-hybridized carbons (Fsp3) is 0.400. The molecule has 5 nitrogen and oxygen atoms in total. The van der Waals surface area contributed by atoms with E-state index in [0.717, 1.165) is 27.8 Å². The van der Waals surface area contributed by atoms with Crippen LogP contribution in [0, 0.1) is 25.1 Å². The van der Waals surface area contributed by atoms with Gasteiger partial charge >= 0.3 is 0 Å². The molecule has 162 valence electrons. The molecule has 2 aromatic carbocycles. The smallest absolute Gasteiger partial charge is 0.248 e. The third kappa shape index (κ3) is 3.92. The molecule has 1 aliphatic carbocycles. The first kappa shape index (κ1) is 21.4. The highest BCUT2D eigenvalue weighted by molar-refractivity contribution is 6.11. The Labute approximate surface area is 181 Å². The third-order valence-corrected chi connectivity index (χ3v) is 6.48. The van der Waals surface area contributed by atoms with Crippen molar-refractivity contribution in [3.8, 4) is 11.1 Å². The fourth-order valence-corrected chi connectivity index (χ4v) is 5.12. The number of ketones is 2. The molecule has 0 radical (unpaired) electrons. The molecule has 1 amide bonds. The van der Waals surface area contributed by atoms with Crippen molar-refractivity contribution in [3.63, 3.8) is 0 Å². The van der Waals surface area contributed by atoms with Crippen LogP contribution in [-0.2, 0) is 19.1 Å². The van der Waals surface area contributed by atoms with Crippen molar-refractivity contribution in [1.82, 2.24) is 4.90 Å². The summed E-state index contributed by atoms with van der Waals surface area (Å²) < 4.78 is 18.1. The Balaban J connectivity index is 1.55. The lowest BCUT2D eigenvalue weighted by Gasteiger charge is -2.52. The second-order valence-electron chi connectivity index (χ2n) is 8.93. The van der Waals surface area contributed by atoms with Crippen molar-refractivity contribution < 1.29 is 23.5 Å². The Morgan fingerprint density at radius 2 is 1.58 bits per heavy atom. The van der Waals surface area contributed by atoms with Crippen LogP contribution in [0.4, 0.5) is 4.39 Å². The first-order valence-corrected chi connectivity index (χ1v) is 10.4. The van der Waals surface area contributed by atoms with Gasteiger partial charge in [0.05, 0.1) is 0 Å². The van der Waals surface area contributed by atoms with Crippen molar-refractivity contribution in [3.05, 3.63) is 58.9 Å². The summed E-state index contributed by atoms with van der Waals surface area (Å²) in [5.74, 6) is -1.30. The van der Waals surface area contributed by atoms with Crippen LogP contribution in [0.2, 0.25) is 0 Å². The largest absolute Gasteiger partial charge is 0.375 e. The number of halogens is 1. The first-order valence-electron chi connectivity index (χ1n) is 10.4. The van der Waals surface area contributed by atoms with Gasteiger partial charge in [-0.05, 0) is 53.8 Å². The molecular formula is C25H26FNO4. The number of ether oxygens (including phenoxy) is 1. The van der Waals surface area contributed by atoms with Crippen LogP contribution in [0.5, 0.6) is 0 Å². The normalized spacial score (nSPS) is 18.4. The Hall–Kier alpha value is -2.86.